The fourth-order valence-corrected chi connectivity index (χ4v) is 5.54. The zero-order valence-electron chi connectivity index (χ0n) is 19.2. The van der Waals surface area contributed by atoms with Gasteiger partial charge in [0.1, 0.15) is 5.82 Å². The molecule has 2 aromatic carbocycles. The van der Waals surface area contributed by atoms with Gasteiger partial charge < -0.3 is 19.7 Å². The molecule has 1 atom stereocenters. The summed E-state index contributed by atoms with van der Waals surface area (Å²) in [6, 6.07) is 11.7. The van der Waals surface area contributed by atoms with Crippen LogP contribution in [0.3, 0.4) is 0 Å². The van der Waals surface area contributed by atoms with Gasteiger partial charge in [0.2, 0.25) is 10.0 Å². The van der Waals surface area contributed by atoms with E-state index in [0.717, 1.165) is 18.5 Å². The van der Waals surface area contributed by atoms with Gasteiger partial charge in [0.15, 0.2) is 6.61 Å². The van der Waals surface area contributed by atoms with Gasteiger partial charge in [0, 0.05) is 45.0 Å². The van der Waals surface area contributed by atoms with Crippen LogP contribution in [-0.2, 0) is 24.3 Å². The van der Waals surface area contributed by atoms with E-state index in [0.29, 0.717) is 26.2 Å². The van der Waals surface area contributed by atoms with Crippen LogP contribution >= 0.6 is 0 Å². The normalized spacial score (nSPS) is 18.9. The molecule has 0 unspecified atom stereocenters. The average molecular weight is 506 g/mol. The number of rotatable bonds is 8. The molecule has 2 aliphatic rings. The molecule has 2 aliphatic heterocycles. The molecule has 1 amide bonds. The predicted octanol–water partition coefficient (Wildman–Crippen LogP) is 1.79. The first-order valence-corrected chi connectivity index (χ1v) is 12.9. The van der Waals surface area contributed by atoms with Gasteiger partial charge in [-0.3, -0.25) is 4.79 Å². The highest BCUT2D eigenvalue weighted by atomic mass is 32.2. The fourth-order valence-electron chi connectivity index (χ4n) is 4.07. The Kier molecular flexibility index (Phi) is 7.99. The first-order valence-electron chi connectivity index (χ1n) is 11.5. The number of hydrogen-bond donors (Lipinski definition) is 1. The van der Waals surface area contributed by atoms with E-state index in [4.69, 9.17) is 9.47 Å². The molecular weight excluding hydrogens is 477 g/mol. The van der Waals surface area contributed by atoms with E-state index < -0.39 is 28.5 Å². The summed E-state index contributed by atoms with van der Waals surface area (Å²) in [5.74, 6) is -1.56. The first kappa shape index (κ1) is 25.1. The van der Waals surface area contributed by atoms with Crippen molar-refractivity contribution < 1.29 is 31.9 Å². The van der Waals surface area contributed by atoms with Gasteiger partial charge in [0.05, 0.1) is 16.6 Å². The average Bonchev–Trinajstić information content (AvgIpc) is 3.40. The molecule has 2 heterocycles. The molecule has 11 heteroatoms. The number of hydrogen-bond acceptors (Lipinski definition) is 7. The second kappa shape index (κ2) is 11.1. The molecule has 2 saturated heterocycles. The summed E-state index contributed by atoms with van der Waals surface area (Å²) in [5, 5.41) is 2.66. The Morgan fingerprint density at radius 2 is 1.83 bits per heavy atom. The zero-order chi connectivity index (χ0) is 24.8. The summed E-state index contributed by atoms with van der Waals surface area (Å²) in [6.45, 7) is 1.98. The fraction of sp³-hybridized carbons (Fsp3) is 0.417. The van der Waals surface area contributed by atoms with Crippen LogP contribution < -0.4 is 10.2 Å². The van der Waals surface area contributed by atoms with Gasteiger partial charge in [0.25, 0.3) is 5.91 Å². The number of benzene rings is 2. The summed E-state index contributed by atoms with van der Waals surface area (Å²) in [6.07, 6.45) is 1.82. The van der Waals surface area contributed by atoms with Crippen LogP contribution in [0.1, 0.15) is 23.2 Å². The third-order valence-electron chi connectivity index (χ3n) is 6.02. The number of amides is 1. The number of ether oxygens (including phenoxy) is 2. The third kappa shape index (κ3) is 6.36. The van der Waals surface area contributed by atoms with Crippen LogP contribution in [0.2, 0.25) is 0 Å². The minimum absolute atomic E-state index is 0.0194. The highest BCUT2D eigenvalue weighted by molar-refractivity contribution is 7.89. The highest BCUT2D eigenvalue weighted by Crippen LogP contribution is 2.22. The lowest BCUT2D eigenvalue weighted by molar-refractivity contribution is -0.124. The third-order valence-corrected chi connectivity index (χ3v) is 7.92. The van der Waals surface area contributed by atoms with Gasteiger partial charge in [-0.05, 0) is 55.3 Å². The Morgan fingerprint density at radius 1 is 1.09 bits per heavy atom. The topological polar surface area (TPSA) is 105 Å². The first-order chi connectivity index (χ1) is 16.8. The molecule has 0 spiro atoms. The SMILES string of the molecule is O=C(COC(=O)c1cccc(S(=O)(=O)N2CCN(c3ccc(F)cc3)CC2)c1)NC[C@H]1CCCO1. The molecule has 35 heavy (non-hydrogen) atoms. The van der Waals surface area contributed by atoms with Crippen molar-refractivity contribution in [2.45, 2.75) is 23.8 Å². The lowest BCUT2D eigenvalue weighted by Crippen LogP contribution is -2.48. The summed E-state index contributed by atoms with van der Waals surface area (Å²) in [4.78, 5) is 26.3. The lowest BCUT2D eigenvalue weighted by atomic mass is 10.2. The molecule has 0 aliphatic carbocycles. The number of sulfonamides is 1. The number of carbonyl (C=O) groups is 2. The van der Waals surface area contributed by atoms with Crippen molar-refractivity contribution in [3.63, 3.8) is 0 Å². The Balaban J connectivity index is 1.31. The van der Waals surface area contributed by atoms with E-state index in [9.17, 15) is 22.4 Å². The standard InChI is InChI=1S/C24H28FN3O6S/c25-19-6-8-20(9-7-19)27-10-12-28(13-11-27)35(31,32)22-5-1-3-18(15-22)24(30)34-17-23(29)26-16-21-4-2-14-33-21/h1,3,5-9,15,21H,2,4,10-14,16-17H2,(H,26,29)/t21-/m1/s1. The molecule has 9 nitrogen and oxygen atoms in total. The van der Waals surface area contributed by atoms with E-state index in [1.165, 1.54) is 40.7 Å². The Hall–Kier alpha value is -3.02. The van der Waals surface area contributed by atoms with Crippen molar-refractivity contribution in [2.24, 2.45) is 0 Å². The number of anilines is 1. The maximum absolute atomic E-state index is 13.2. The van der Waals surface area contributed by atoms with Crippen molar-refractivity contribution in [2.75, 3.05) is 50.8 Å². The van der Waals surface area contributed by atoms with Gasteiger partial charge in [-0.1, -0.05) is 6.07 Å². The molecule has 0 saturated carbocycles. The van der Waals surface area contributed by atoms with E-state index in [-0.39, 0.29) is 35.5 Å². The largest absolute Gasteiger partial charge is 0.452 e. The van der Waals surface area contributed by atoms with Crippen molar-refractivity contribution in [1.82, 2.24) is 9.62 Å². The zero-order valence-corrected chi connectivity index (χ0v) is 20.0. The second-order valence-electron chi connectivity index (χ2n) is 8.41. The monoisotopic (exact) mass is 505 g/mol. The van der Waals surface area contributed by atoms with E-state index in [2.05, 4.69) is 5.32 Å². The van der Waals surface area contributed by atoms with E-state index in [1.54, 1.807) is 12.1 Å². The lowest BCUT2D eigenvalue weighted by Gasteiger charge is -2.35. The molecule has 188 valence electrons. The van der Waals surface area contributed by atoms with Crippen LogP contribution in [0, 0.1) is 5.82 Å². The van der Waals surface area contributed by atoms with Gasteiger partial charge in [-0.15, -0.1) is 0 Å². The minimum atomic E-state index is -3.83. The van der Waals surface area contributed by atoms with Crippen LogP contribution in [0.25, 0.3) is 0 Å². The Morgan fingerprint density at radius 3 is 2.51 bits per heavy atom. The maximum atomic E-state index is 13.2. The molecular formula is C24H28FN3O6S. The smallest absolute Gasteiger partial charge is 0.338 e. The van der Waals surface area contributed by atoms with Crippen molar-refractivity contribution >= 4 is 27.6 Å². The summed E-state index contributed by atoms with van der Waals surface area (Å²) in [7, 11) is -3.83. The quantitative estimate of drug-likeness (QED) is 0.546. The second-order valence-corrected chi connectivity index (χ2v) is 10.3. The molecule has 2 fully saturated rings. The van der Waals surface area contributed by atoms with Crippen molar-refractivity contribution in [3.8, 4) is 0 Å². The number of nitrogens with one attached hydrogen (secondary N) is 1. The molecule has 2 aromatic rings. The van der Waals surface area contributed by atoms with E-state index >= 15 is 0 Å². The number of nitrogens with zero attached hydrogens (tertiary/aromatic N) is 2. The number of piperazine rings is 1. The van der Waals surface area contributed by atoms with Crippen LogP contribution in [-0.4, -0.2) is 76.6 Å². The molecule has 0 radical (unpaired) electrons. The van der Waals surface area contributed by atoms with Crippen LogP contribution in [0.15, 0.2) is 53.4 Å². The summed E-state index contributed by atoms with van der Waals surface area (Å²) >= 11 is 0. The minimum Gasteiger partial charge on any atom is -0.452 e. The van der Waals surface area contributed by atoms with Gasteiger partial charge >= 0.3 is 5.97 Å². The maximum Gasteiger partial charge on any atom is 0.338 e. The van der Waals surface area contributed by atoms with Crippen molar-refractivity contribution in [1.29, 1.82) is 0 Å². The number of carbonyl (C=O) groups excluding carboxylic acids is 2. The highest BCUT2D eigenvalue weighted by Gasteiger charge is 2.29. The molecule has 1 N–H and O–H groups in total. The Labute approximate surface area is 203 Å². The molecule has 0 aromatic heterocycles. The molecule has 0 bridgehead atoms. The Bertz CT molecular complexity index is 1140. The molecule has 4 rings (SSSR count). The van der Waals surface area contributed by atoms with Gasteiger partial charge in [-0.25, -0.2) is 17.6 Å². The number of halogens is 1. The van der Waals surface area contributed by atoms with Crippen LogP contribution in [0.4, 0.5) is 10.1 Å². The van der Waals surface area contributed by atoms with Crippen molar-refractivity contribution in [3.05, 3.63) is 59.9 Å². The predicted molar refractivity (Wildman–Crippen MR) is 126 cm³/mol. The van der Waals surface area contributed by atoms with E-state index in [1.807, 2.05) is 4.90 Å². The van der Waals surface area contributed by atoms with Gasteiger partial charge in [-0.2, -0.15) is 4.31 Å². The number of esters is 1. The summed E-state index contributed by atoms with van der Waals surface area (Å²) < 4.78 is 51.3. The van der Waals surface area contributed by atoms with Crippen LogP contribution in [0.5, 0.6) is 0 Å². The summed E-state index contributed by atoms with van der Waals surface area (Å²) in [5.41, 5.74) is 0.871.